The Morgan fingerprint density at radius 1 is 1.27 bits per heavy atom. The Labute approximate surface area is 85.7 Å². The summed E-state index contributed by atoms with van der Waals surface area (Å²) in [5.41, 5.74) is -0.465. The third kappa shape index (κ3) is 3.83. The van der Waals surface area contributed by atoms with Gasteiger partial charge >= 0.3 is 6.18 Å². The lowest BCUT2D eigenvalue weighted by atomic mass is 10.3. The van der Waals surface area contributed by atoms with E-state index >= 15 is 0 Å². The fourth-order valence-corrected chi connectivity index (χ4v) is 0.914. The SMILES string of the molecule is CC(C)NCc1ccc(C(F)(F)F)nn1. The molecule has 0 spiro atoms. The molecule has 0 unspecified atom stereocenters. The van der Waals surface area contributed by atoms with E-state index in [0.29, 0.717) is 12.2 Å². The van der Waals surface area contributed by atoms with Crippen LogP contribution in [0.15, 0.2) is 12.1 Å². The summed E-state index contributed by atoms with van der Waals surface area (Å²) in [7, 11) is 0. The van der Waals surface area contributed by atoms with Gasteiger partial charge in [-0.2, -0.15) is 18.3 Å². The minimum absolute atomic E-state index is 0.258. The molecule has 1 aromatic heterocycles. The first-order valence-electron chi connectivity index (χ1n) is 4.53. The van der Waals surface area contributed by atoms with Crippen molar-refractivity contribution in [2.24, 2.45) is 0 Å². The molecule has 0 amide bonds. The van der Waals surface area contributed by atoms with Gasteiger partial charge < -0.3 is 5.32 Å². The van der Waals surface area contributed by atoms with Crippen molar-refractivity contribution in [3.8, 4) is 0 Å². The van der Waals surface area contributed by atoms with Crippen LogP contribution in [0, 0.1) is 0 Å². The van der Waals surface area contributed by atoms with Crippen molar-refractivity contribution >= 4 is 0 Å². The molecular weight excluding hydrogens is 207 g/mol. The van der Waals surface area contributed by atoms with Crippen molar-refractivity contribution in [2.75, 3.05) is 0 Å². The normalized spacial score (nSPS) is 12.1. The molecule has 0 radical (unpaired) electrons. The molecule has 0 saturated carbocycles. The summed E-state index contributed by atoms with van der Waals surface area (Å²) in [5.74, 6) is 0. The second-order valence-electron chi connectivity index (χ2n) is 3.44. The van der Waals surface area contributed by atoms with Gasteiger partial charge in [-0.3, -0.25) is 0 Å². The van der Waals surface area contributed by atoms with Gasteiger partial charge in [0.2, 0.25) is 0 Å². The Morgan fingerprint density at radius 2 is 1.93 bits per heavy atom. The van der Waals surface area contributed by atoms with E-state index < -0.39 is 11.9 Å². The average Bonchev–Trinajstić information content (AvgIpc) is 2.14. The molecule has 0 bridgehead atoms. The van der Waals surface area contributed by atoms with Crippen molar-refractivity contribution in [2.45, 2.75) is 32.6 Å². The molecule has 6 heteroatoms. The molecule has 15 heavy (non-hydrogen) atoms. The number of nitrogens with one attached hydrogen (secondary N) is 1. The van der Waals surface area contributed by atoms with E-state index in [4.69, 9.17) is 0 Å². The largest absolute Gasteiger partial charge is 0.435 e. The molecule has 1 N–H and O–H groups in total. The molecule has 3 nitrogen and oxygen atoms in total. The van der Waals surface area contributed by atoms with Crippen LogP contribution in [-0.4, -0.2) is 16.2 Å². The summed E-state index contributed by atoms with van der Waals surface area (Å²) in [5, 5.41) is 9.63. The smallest absolute Gasteiger partial charge is 0.309 e. The summed E-state index contributed by atoms with van der Waals surface area (Å²) in [6.45, 7) is 4.30. The van der Waals surface area contributed by atoms with E-state index in [9.17, 15) is 13.2 Å². The Bertz CT molecular complexity index is 305. The third-order valence-electron chi connectivity index (χ3n) is 1.70. The molecule has 1 rings (SSSR count). The Kier molecular flexibility index (Phi) is 3.62. The number of alkyl halides is 3. The van der Waals surface area contributed by atoms with E-state index in [1.807, 2.05) is 13.8 Å². The van der Waals surface area contributed by atoms with Crippen LogP contribution in [0.1, 0.15) is 25.2 Å². The van der Waals surface area contributed by atoms with E-state index in [2.05, 4.69) is 15.5 Å². The zero-order chi connectivity index (χ0) is 11.5. The topological polar surface area (TPSA) is 37.8 Å². The Hall–Kier alpha value is -1.17. The third-order valence-corrected chi connectivity index (χ3v) is 1.70. The Balaban J connectivity index is 2.65. The predicted molar refractivity (Wildman–Crippen MR) is 49.0 cm³/mol. The van der Waals surface area contributed by atoms with Crippen LogP contribution in [0.2, 0.25) is 0 Å². The molecule has 0 atom stereocenters. The number of halogens is 3. The van der Waals surface area contributed by atoms with Gasteiger partial charge in [-0.15, -0.1) is 5.10 Å². The summed E-state index contributed by atoms with van der Waals surface area (Å²) >= 11 is 0. The van der Waals surface area contributed by atoms with Crippen LogP contribution in [0.3, 0.4) is 0 Å². The van der Waals surface area contributed by atoms with Gasteiger partial charge in [-0.1, -0.05) is 13.8 Å². The highest BCUT2D eigenvalue weighted by atomic mass is 19.4. The monoisotopic (exact) mass is 219 g/mol. The molecule has 0 fully saturated rings. The van der Waals surface area contributed by atoms with Crippen molar-refractivity contribution in [1.82, 2.24) is 15.5 Å². The van der Waals surface area contributed by atoms with Crippen LogP contribution >= 0.6 is 0 Å². The quantitative estimate of drug-likeness (QED) is 0.844. The van der Waals surface area contributed by atoms with Gasteiger partial charge in [0.15, 0.2) is 5.69 Å². The van der Waals surface area contributed by atoms with Crippen LogP contribution in [0.5, 0.6) is 0 Å². The molecule has 0 aliphatic carbocycles. The molecule has 1 aromatic rings. The highest BCUT2D eigenvalue weighted by Gasteiger charge is 2.32. The van der Waals surface area contributed by atoms with Crippen molar-refractivity contribution in [3.63, 3.8) is 0 Å². The lowest BCUT2D eigenvalue weighted by molar-refractivity contribution is -0.141. The molecule has 0 saturated heterocycles. The first kappa shape index (κ1) is 11.9. The number of aromatic nitrogens is 2. The van der Waals surface area contributed by atoms with E-state index in [1.165, 1.54) is 6.07 Å². The minimum Gasteiger partial charge on any atom is -0.309 e. The second kappa shape index (κ2) is 4.57. The highest BCUT2D eigenvalue weighted by molar-refractivity contribution is 5.09. The van der Waals surface area contributed by atoms with E-state index in [1.54, 1.807) is 0 Å². The van der Waals surface area contributed by atoms with Gasteiger partial charge in [0.25, 0.3) is 0 Å². The minimum atomic E-state index is -4.42. The molecule has 84 valence electrons. The van der Waals surface area contributed by atoms with Gasteiger partial charge in [0, 0.05) is 12.6 Å². The van der Waals surface area contributed by atoms with Gasteiger partial charge in [0.05, 0.1) is 5.69 Å². The summed E-state index contributed by atoms with van der Waals surface area (Å²) < 4.78 is 36.3. The number of hydrogen-bond donors (Lipinski definition) is 1. The summed E-state index contributed by atoms with van der Waals surface area (Å²) in [4.78, 5) is 0. The molecule has 0 aliphatic heterocycles. The number of nitrogens with zero attached hydrogens (tertiary/aromatic N) is 2. The summed E-state index contributed by atoms with van der Waals surface area (Å²) in [6.07, 6.45) is -4.42. The van der Waals surface area contributed by atoms with Gasteiger partial charge in [-0.25, -0.2) is 0 Å². The molecule has 0 aromatic carbocycles. The fraction of sp³-hybridized carbons (Fsp3) is 0.556. The molecule has 1 heterocycles. The number of rotatable bonds is 3. The van der Waals surface area contributed by atoms with E-state index in [-0.39, 0.29) is 6.04 Å². The first-order chi connectivity index (χ1) is 6.89. The average molecular weight is 219 g/mol. The zero-order valence-electron chi connectivity index (χ0n) is 8.47. The molecule has 0 aliphatic rings. The lowest BCUT2D eigenvalue weighted by Gasteiger charge is -2.08. The maximum Gasteiger partial charge on any atom is 0.435 e. The number of hydrogen-bond acceptors (Lipinski definition) is 3. The second-order valence-corrected chi connectivity index (χ2v) is 3.44. The van der Waals surface area contributed by atoms with Crippen molar-refractivity contribution < 1.29 is 13.2 Å². The predicted octanol–water partition coefficient (Wildman–Crippen LogP) is 1.99. The highest BCUT2D eigenvalue weighted by Crippen LogP contribution is 2.26. The van der Waals surface area contributed by atoms with Crippen LogP contribution in [0.25, 0.3) is 0 Å². The maximum atomic E-state index is 12.1. The molecular formula is C9H12F3N3. The maximum absolute atomic E-state index is 12.1. The van der Waals surface area contributed by atoms with E-state index in [0.717, 1.165) is 6.07 Å². The van der Waals surface area contributed by atoms with Crippen LogP contribution < -0.4 is 5.32 Å². The zero-order valence-corrected chi connectivity index (χ0v) is 8.47. The van der Waals surface area contributed by atoms with Crippen LogP contribution in [-0.2, 0) is 12.7 Å². The van der Waals surface area contributed by atoms with Gasteiger partial charge in [0.1, 0.15) is 0 Å². The fourth-order valence-electron chi connectivity index (χ4n) is 0.914. The Morgan fingerprint density at radius 3 is 2.33 bits per heavy atom. The summed E-state index contributed by atoms with van der Waals surface area (Å²) in [6, 6.07) is 2.52. The van der Waals surface area contributed by atoms with Crippen molar-refractivity contribution in [1.29, 1.82) is 0 Å². The van der Waals surface area contributed by atoms with Gasteiger partial charge in [-0.05, 0) is 12.1 Å². The first-order valence-corrected chi connectivity index (χ1v) is 4.53. The van der Waals surface area contributed by atoms with Crippen LogP contribution in [0.4, 0.5) is 13.2 Å². The lowest BCUT2D eigenvalue weighted by Crippen LogP contribution is -2.23. The standard InChI is InChI=1S/C9H12F3N3/c1-6(2)13-5-7-3-4-8(15-14-7)9(10,11)12/h3-4,6,13H,5H2,1-2H3. The van der Waals surface area contributed by atoms with Crippen molar-refractivity contribution in [3.05, 3.63) is 23.5 Å².